The molecule has 0 spiro atoms. The van der Waals surface area contributed by atoms with Crippen LogP contribution in [0.15, 0.2) is 54.6 Å². The van der Waals surface area contributed by atoms with Gasteiger partial charge >= 0.3 is 0 Å². The van der Waals surface area contributed by atoms with E-state index in [0.717, 1.165) is 16.9 Å². The second kappa shape index (κ2) is 11.4. The number of hydrogen-bond acceptors (Lipinski definition) is 6. The number of ether oxygens (including phenoxy) is 5. The van der Waals surface area contributed by atoms with Gasteiger partial charge in [0.2, 0.25) is 0 Å². The van der Waals surface area contributed by atoms with Crippen molar-refractivity contribution < 1.29 is 28.8 Å². The quantitative estimate of drug-likeness (QED) is 0.640. The Morgan fingerprint density at radius 3 is 2.27 bits per heavy atom. The lowest BCUT2D eigenvalue weighted by Gasteiger charge is -2.44. The molecule has 0 amide bonds. The van der Waals surface area contributed by atoms with Gasteiger partial charge in [0.15, 0.2) is 6.29 Å². The summed E-state index contributed by atoms with van der Waals surface area (Å²) in [5.74, 6) is 0.736. The third-order valence-electron chi connectivity index (χ3n) is 5.70. The summed E-state index contributed by atoms with van der Waals surface area (Å²) in [5.41, 5.74) is 2.13. The molecule has 0 aliphatic carbocycles. The van der Waals surface area contributed by atoms with Crippen LogP contribution in [0.1, 0.15) is 18.1 Å². The Balaban J connectivity index is 1.58. The minimum absolute atomic E-state index is 0.00709. The van der Waals surface area contributed by atoms with Crippen LogP contribution in [0.2, 0.25) is 0 Å². The molecule has 0 saturated carbocycles. The molecule has 2 aromatic rings. The van der Waals surface area contributed by atoms with Crippen LogP contribution in [-0.2, 0) is 32.2 Å². The van der Waals surface area contributed by atoms with Crippen molar-refractivity contribution in [2.75, 3.05) is 27.4 Å². The van der Waals surface area contributed by atoms with Gasteiger partial charge in [0.05, 0.1) is 33.0 Å². The first-order chi connectivity index (χ1) is 14.7. The summed E-state index contributed by atoms with van der Waals surface area (Å²) in [5, 5.41) is 10.1. The monoisotopic (exact) mass is 416 g/mol. The molecule has 164 valence electrons. The molecule has 1 saturated heterocycles. The summed E-state index contributed by atoms with van der Waals surface area (Å²) in [4.78, 5) is 0. The molecule has 1 aliphatic heterocycles. The van der Waals surface area contributed by atoms with E-state index in [2.05, 4.69) is 6.92 Å². The fraction of sp³-hybridized carbons (Fsp3) is 0.500. The maximum absolute atomic E-state index is 10.1. The lowest BCUT2D eigenvalue weighted by Crippen LogP contribution is -2.54. The van der Waals surface area contributed by atoms with Crippen LogP contribution >= 0.6 is 0 Å². The van der Waals surface area contributed by atoms with Gasteiger partial charge in [-0.1, -0.05) is 49.4 Å². The molecule has 0 bridgehead atoms. The summed E-state index contributed by atoms with van der Waals surface area (Å²) in [6, 6.07) is 17.7. The minimum atomic E-state index is -0.568. The summed E-state index contributed by atoms with van der Waals surface area (Å²) in [6.07, 6.45) is -1.12. The Bertz CT molecular complexity index is 735. The third kappa shape index (κ3) is 5.80. The fourth-order valence-electron chi connectivity index (χ4n) is 3.78. The van der Waals surface area contributed by atoms with Crippen molar-refractivity contribution in [3.8, 4) is 5.75 Å². The fourth-order valence-corrected chi connectivity index (χ4v) is 3.78. The van der Waals surface area contributed by atoms with Crippen molar-refractivity contribution in [3.63, 3.8) is 0 Å². The normalized spacial score (nSPS) is 26.5. The Kier molecular flexibility index (Phi) is 8.66. The molecule has 2 aromatic carbocycles. The standard InChI is InChI=1S/C24H32O6/c1-17-21(13-25)23(29-15-19-9-11-20(26-2)12-10-19)24(27-3)30-22(17)16-28-14-18-7-5-4-6-8-18/h4-12,17,21-25H,13-16H2,1-3H3/t17-,21?,22?,23?,24-/m1/s1. The highest BCUT2D eigenvalue weighted by Crippen LogP contribution is 2.34. The summed E-state index contributed by atoms with van der Waals surface area (Å²) in [7, 11) is 3.24. The summed E-state index contributed by atoms with van der Waals surface area (Å²) in [6.45, 7) is 3.40. The van der Waals surface area contributed by atoms with E-state index in [4.69, 9.17) is 23.7 Å². The average Bonchev–Trinajstić information content (AvgIpc) is 2.79. The van der Waals surface area contributed by atoms with Crippen LogP contribution < -0.4 is 4.74 Å². The van der Waals surface area contributed by atoms with Crippen LogP contribution in [-0.4, -0.2) is 51.0 Å². The molecule has 0 aromatic heterocycles. The van der Waals surface area contributed by atoms with Crippen molar-refractivity contribution in [1.29, 1.82) is 0 Å². The maximum Gasteiger partial charge on any atom is 0.184 e. The number of rotatable bonds is 10. The van der Waals surface area contributed by atoms with Gasteiger partial charge in [-0.3, -0.25) is 0 Å². The SMILES string of the molecule is COc1ccc(COC2C(CO)[C@@H](C)C(COCc3ccccc3)O[C@H]2OC)cc1. The molecule has 30 heavy (non-hydrogen) atoms. The molecule has 1 aliphatic rings. The Labute approximate surface area is 178 Å². The van der Waals surface area contributed by atoms with Gasteiger partial charge in [-0.15, -0.1) is 0 Å². The molecule has 6 heteroatoms. The lowest BCUT2D eigenvalue weighted by molar-refractivity contribution is -0.287. The second-order valence-electron chi connectivity index (χ2n) is 7.61. The number of aliphatic hydroxyl groups is 1. The van der Waals surface area contributed by atoms with Crippen molar-refractivity contribution in [3.05, 3.63) is 65.7 Å². The van der Waals surface area contributed by atoms with Crippen LogP contribution in [0.5, 0.6) is 5.75 Å². The second-order valence-corrected chi connectivity index (χ2v) is 7.61. The van der Waals surface area contributed by atoms with Crippen LogP contribution in [0.4, 0.5) is 0 Å². The molecule has 3 unspecified atom stereocenters. The lowest BCUT2D eigenvalue weighted by atomic mass is 9.82. The van der Waals surface area contributed by atoms with E-state index in [1.807, 2.05) is 54.6 Å². The van der Waals surface area contributed by atoms with E-state index in [0.29, 0.717) is 19.8 Å². The van der Waals surface area contributed by atoms with Gasteiger partial charge < -0.3 is 28.8 Å². The first-order valence-corrected chi connectivity index (χ1v) is 10.3. The third-order valence-corrected chi connectivity index (χ3v) is 5.70. The molecular weight excluding hydrogens is 384 g/mol. The summed E-state index contributed by atoms with van der Waals surface area (Å²) >= 11 is 0. The van der Waals surface area contributed by atoms with Gasteiger partial charge in [-0.25, -0.2) is 0 Å². The van der Waals surface area contributed by atoms with Gasteiger partial charge in [-0.05, 0) is 29.2 Å². The summed E-state index contributed by atoms with van der Waals surface area (Å²) < 4.78 is 29.0. The number of benzene rings is 2. The minimum Gasteiger partial charge on any atom is -0.497 e. The predicted octanol–water partition coefficient (Wildman–Crippen LogP) is 3.41. The molecule has 1 N–H and O–H groups in total. The zero-order valence-corrected chi connectivity index (χ0v) is 17.9. The molecule has 0 radical (unpaired) electrons. The highest BCUT2D eigenvalue weighted by Gasteiger charge is 2.44. The Hall–Kier alpha value is -1.96. The largest absolute Gasteiger partial charge is 0.497 e. The van der Waals surface area contributed by atoms with Crippen molar-refractivity contribution in [1.82, 2.24) is 0 Å². The van der Waals surface area contributed by atoms with E-state index in [9.17, 15) is 5.11 Å². The Morgan fingerprint density at radius 1 is 0.933 bits per heavy atom. The van der Waals surface area contributed by atoms with Crippen LogP contribution in [0, 0.1) is 11.8 Å². The number of aliphatic hydroxyl groups excluding tert-OH is 1. The Morgan fingerprint density at radius 2 is 1.63 bits per heavy atom. The van der Waals surface area contributed by atoms with Crippen LogP contribution in [0.3, 0.4) is 0 Å². The number of hydrogen-bond donors (Lipinski definition) is 1. The molecule has 1 heterocycles. The van der Waals surface area contributed by atoms with Gasteiger partial charge in [0, 0.05) is 19.6 Å². The van der Waals surface area contributed by atoms with Crippen molar-refractivity contribution in [2.24, 2.45) is 11.8 Å². The van der Waals surface area contributed by atoms with E-state index in [-0.39, 0.29) is 30.7 Å². The molecule has 6 nitrogen and oxygen atoms in total. The first-order valence-electron chi connectivity index (χ1n) is 10.3. The molecule has 5 atom stereocenters. The highest BCUT2D eigenvalue weighted by atomic mass is 16.7. The topological polar surface area (TPSA) is 66.4 Å². The zero-order chi connectivity index (χ0) is 21.3. The van der Waals surface area contributed by atoms with E-state index in [1.165, 1.54) is 0 Å². The van der Waals surface area contributed by atoms with E-state index >= 15 is 0 Å². The van der Waals surface area contributed by atoms with E-state index in [1.54, 1.807) is 14.2 Å². The van der Waals surface area contributed by atoms with Gasteiger partial charge in [-0.2, -0.15) is 0 Å². The van der Waals surface area contributed by atoms with Crippen LogP contribution in [0.25, 0.3) is 0 Å². The van der Waals surface area contributed by atoms with E-state index < -0.39 is 6.29 Å². The van der Waals surface area contributed by atoms with Crippen molar-refractivity contribution >= 4 is 0 Å². The first kappa shape index (κ1) is 22.7. The average molecular weight is 417 g/mol. The van der Waals surface area contributed by atoms with Crippen molar-refractivity contribution in [2.45, 2.75) is 38.6 Å². The molecule has 3 rings (SSSR count). The smallest absolute Gasteiger partial charge is 0.184 e. The number of methoxy groups -OCH3 is 2. The highest BCUT2D eigenvalue weighted by molar-refractivity contribution is 5.26. The predicted molar refractivity (Wildman–Crippen MR) is 113 cm³/mol. The maximum atomic E-state index is 10.1. The molecular formula is C24H32O6. The zero-order valence-electron chi connectivity index (χ0n) is 17.9. The van der Waals surface area contributed by atoms with Gasteiger partial charge in [0.25, 0.3) is 0 Å². The van der Waals surface area contributed by atoms with Gasteiger partial charge in [0.1, 0.15) is 11.9 Å². The molecule has 1 fully saturated rings.